The molecule has 3 heteroatoms. The Balaban J connectivity index is 0.00000266. The van der Waals surface area contributed by atoms with E-state index in [4.69, 9.17) is 0 Å². The predicted molar refractivity (Wildman–Crippen MR) is 230 cm³/mol. The fraction of sp³-hybridized carbons (Fsp3) is 0.226. The van der Waals surface area contributed by atoms with Gasteiger partial charge in [-0.15, -0.1) is 0 Å². The third-order valence-electron chi connectivity index (χ3n) is 11.4. The number of hydrogen-bond acceptors (Lipinski definition) is 0. The molecule has 0 aliphatic heterocycles. The number of hydrogen-bond donors (Lipinski definition) is 0. The molecule has 0 saturated heterocycles. The van der Waals surface area contributed by atoms with E-state index >= 15 is 0 Å². The molecule has 0 nitrogen and oxygen atoms in total. The topological polar surface area (TPSA) is 0 Å². The van der Waals surface area contributed by atoms with Gasteiger partial charge < -0.3 is 24.8 Å². The summed E-state index contributed by atoms with van der Waals surface area (Å²) in [7, 11) is 0. The minimum absolute atomic E-state index is 0. The number of fused-ring (bicyclic) bond motifs is 3. The van der Waals surface area contributed by atoms with E-state index in [1.807, 2.05) is 0 Å². The van der Waals surface area contributed by atoms with Crippen LogP contribution in [0.1, 0.15) is 86.1 Å². The van der Waals surface area contributed by atoms with Crippen molar-refractivity contribution < 1.29 is 46.1 Å². The number of rotatable bonds is 6. The number of aryl methyl sites for hydroxylation is 2. The Morgan fingerprint density at radius 3 is 1.52 bits per heavy atom. The zero-order valence-corrected chi connectivity index (χ0v) is 37.9. The average molecular weight is 851 g/mol. The van der Waals surface area contributed by atoms with E-state index in [0.717, 1.165) is 6.42 Å². The summed E-state index contributed by atoms with van der Waals surface area (Å²) in [5.74, 6) is 0. The molecule has 0 fully saturated rings. The van der Waals surface area contributed by atoms with Crippen LogP contribution in [0.25, 0.3) is 33.4 Å². The van der Waals surface area contributed by atoms with Crippen LogP contribution in [0.4, 0.5) is 0 Å². The molecule has 2 aliphatic carbocycles. The van der Waals surface area contributed by atoms with Crippen LogP contribution in [0.2, 0.25) is 3.63 Å². The maximum absolute atomic E-state index is 3.01. The molecule has 56 heavy (non-hydrogen) atoms. The molecule has 6 aromatic rings. The molecule has 0 heterocycles. The van der Waals surface area contributed by atoms with Crippen molar-refractivity contribution in [3.8, 4) is 33.4 Å². The second-order valence-corrected chi connectivity index (χ2v) is 23.6. The summed E-state index contributed by atoms with van der Waals surface area (Å²) in [5.41, 5.74) is 19.5. The summed E-state index contributed by atoms with van der Waals surface area (Å²) in [6.07, 6.45) is 10.6. The third kappa shape index (κ3) is 7.98. The molecule has 0 amide bonds. The molecule has 0 radical (unpaired) electrons. The van der Waals surface area contributed by atoms with Crippen LogP contribution in [0.5, 0.6) is 0 Å². The van der Waals surface area contributed by atoms with Gasteiger partial charge in [-0.2, -0.15) is 0 Å². The van der Waals surface area contributed by atoms with E-state index < -0.39 is 21.3 Å². The van der Waals surface area contributed by atoms with Crippen LogP contribution in [-0.4, -0.2) is 3.21 Å². The normalized spacial score (nSPS) is 13.0. The molecule has 2 aliphatic rings. The van der Waals surface area contributed by atoms with Gasteiger partial charge in [-0.05, 0) is 0 Å². The fourth-order valence-electron chi connectivity index (χ4n) is 8.65. The molecule has 0 N–H and O–H groups in total. The van der Waals surface area contributed by atoms with Crippen LogP contribution in [0, 0.1) is 13.8 Å². The van der Waals surface area contributed by atoms with Gasteiger partial charge in [-0.25, -0.2) is 0 Å². The Bertz CT molecular complexity index is 2390. The van der Waals surface area contributed by atoms with E-state index in [2.05, 4.69) is 207 Å². The molecule has 0 bridgehead atoms. The van der Waals surface area contributed by atoms with Crippen molar-refractivity contribution in [2.75, 3.05) is 0 Å². The molecular formula is C53H52Cl2Zr. The van der Waals surface area contributed by atoms with Crippen molar-refractivity contribution in [3.63, 3.8) is 0 Å². The van der Waals surface area contributed by atoms with Gasteiger partial charge in [-0.1, -0.05) is 0 Å². The maximum Gasteiger partial charge on any atom is -1.00 e. The first-order chi connectivity index (χ1) is 25.9. The number of allylic oxidation sites excluding steroid dienone is 4. The van der Waals surface area contributed by atoms with Gasteiger partial charge in [0.05, 0.1) is 0 Å². The molecule has 8 rings (SSSR count). The van der Waals surface area contributed by atoms with Crippen LogP contribution in [0.3, 0.4) is 0 Å². The molecule has 0 spiro atoms. The Kier molecular flexibility index (Phi) is 12.3. The van der Waals surface area contributed by atoms with Gasteiger partial charge in [0.2, 0.25) is 0 Å². The van der Waals surface area contributed by atoms with Crippen molar-refractivity contribution >= 4 is 6.48 Å². The standard InChI is InChI=1S/C33H33.C15H14.C5H5.2ClH.Zr/c1-32(2,3)30-20-26-24(18-28(30)22-13-9-7-10-14-22)17-25-19-29(23-15-11-8-12-16-23)31(21-27(25)26)33(4,5)6;1-12-3-7-14(8-4-12)11-15-9-5-13(2)6-10-15;1-2-4-5-3-1;;;/h7-16,18,20-21H,17H2,1-6H3;3-10H,1-2H3;1-5H;2*1H;/q;;;;;+2/p-2. The second-order valence-electron chi connectivity index (χ2n) is 17.5. The number of benzene rings is 6. The van der Waals surface area contributed by atoms with Crippen molar-refractivity contribution in [3.05, 3.63) is 196 Å². The van der Waals surface area contributed by atoms with Crippen molar-refractivity contribution in [1.82, 2.24) is 0 Å². The summed E-state index contributed by atoms with van der Waals surface area (Å²) in [4.78, 5) is 0. The van der Waals surface area contributed by atoms with Crippen LogP contribution < -0.4 is 28.1 Å². The zero-order chi connectivity index (χ0) is 37.8. The first-order valence-corrected chi connectivity index (χ1v) is 23.5. The second kappa shape index (κ2) is 16.5. The largest absolute Gasteiger partial charge is 1.00 e. The number of halogens is 2. The fourth-order valence-corrected chi connectivity index (χ4v) is 17.4. The van der Waals surface area contributed by atoms with E-state index in [9.17, 15) is 0 Å². The van der Waals surface area contributed by atoms with E-state index in [-0.39, 0.29) is 35.6 Å². The first-order valence-electron chi connectivity index (χ1n) is 19.6. The van der Waals surface area contributed by atoms with E-state index in [0.29, 0.717) is 3.63 Å². The average Bonchev–Trinajstić information content (AvgIpc) is 3.82. The Morgan fingerprint density at radius 2 is 1.02 bits per heavy atom. The smallest absolute Gasteiger partial charge is 1.00 e. The van der Waals surface area contributed by atoms with Crippen molar-refractivity contribution in [1.29, 1.82) is 0 Å². The Hall–Kier alpha value is -3.87. The van der Waals surface area contributed by atoms with E-state index in [1.165, 1.54) is 72.3 Å². The minimum atomic E-state index is -3.01. The third-order valence-corrected chi connectivity index (χ3v) is 19.4. The monoisotopic (exact) mass is 848 g/mol. The molecular weight excluding hydrogens is 799 g/mol. The molecule has 0 aromatic heterocycles. The molecule has 282 valence electrons. The van der Waals surface area contributed by atoms with Gasteiger partial charge in [0.1, 0.15) is 0 Å². The van der Waals surface area contributed by atoms with Gasteiger partial charge in [0.15, 0.2) is 0 Å². The summed E-state index contributed by atoms with van der Waals surface area (Å²) in [6.45, 7) is 18.8. The molecule has 0 unspecified atom stereocenters. The van der Waals surface area contributed by atoms with E-state index in [1.54, 1.807) is 12.0 Å². The molecule has 0 atom stereocenters. The van der Waals surface area contributed by atoms with Crippen LogP contribution >= 0.6 is 0 Å². The summed E-state index contributed by atoms with van der Waals surface area (Å²) >= 11 is -3.01. The minimum Gasteiger partial charge on any atom is -1.00 e. The summed E-state index contributed by atoms with van der Waals surface area (Å²) < 4.78 is 3.64. The van der Waals surface area contributed by atoms with Crippen molar-refractivity contribution in [2.45, 2.75) is 76.3 Å². The summed E-state index contributed by atoms with van der Waals surface area (Å²) in [5, 5.41) is 0. The first kappa shape index (κ1) is 41.8. The van der Waals surface area contributed by atoms with Crippen LogP contribution in [0.15, 0.2) is 152 Å². The quantitative estimate of drug-likeness (QED) is 0.166. The predicted octanol–water partition coefficient (Wildman–Crippen LogP) is 7.24. The van der Waals surface area contributed by atoms with Gasteiger partial charge in [0, 0.05) is 0 Å². The maximum atomic E-state index is 2.61. The van der Waals surface area contributed by atoms with Crippen LogP contribution in [-0.2, 0) is 38.5 Å². The Labute approximate surface area is 355 Å². The van der Waals surface area contributed by atoms with Gasteiger partial charge in [0.25, 0.3) is 0 Å². The molecule has 6 aromatic carbocycles. The Morgan fingerprint density at radius 1 is 0.536 bits per heavy atom. The van der Waals surface area contributed by atoms with Gasteiger partial charge >= 0.3 is 334 Å². The van der Waals surface area contributed by atoms with Gasteiger partial charge in [-0.3, -0.25) is 0 Å². The summed E-state index contributed by atoms with van der Waals surface area (Å²) in [6, 6.07) is 49.0. The SMILES string of the molecule is Cc1ccc([C](c2ccc(C)cc2)=[Zr+2]([c]2c3c(cc(C(C)(C)C)c2-c2ccccc2)-c2cc(C(C)(C)C)c(-c4ccccc4)cc2C3)[CH]2C=CC=C2)cc1.[Cl-].[Cl-]. The molecule has 0 saturated carbocycles. The zero-order valence-electron chi connectivity index (χ0n) is 34.0. The van der Waals surface area contributed by atoms with Crippen molar-refractivity contribution in [2.24, 2.45) is 0 Å².